The van der Waals surface area contributed by atoms with Crippen molar-refractivity contribution < 1.29 is 9.00 Å². The van der Waals surface area contributed by atoms with Gasteiger partial charge >= 0.3 is 0 Å². The molecule has 1 aliphatic heterocycles. The minimum atomic E-state index is -0.865. The number of rotatable bonds is 0. The predicted molar refractivity (Wildman–Crippen MR) is 36.7 cm³/mol. The van der Waals surface area contributed by atoms with Gasteiger partial charge in [-0.1, -0.05) is 0 Å². The second-order valence-corrected chi connectivity index (χ2v) is 4.17. The molecule has 2 nitrogen and oxygen atoms in total. The maximum Gasteiger partial charge on any atom is 0.148 e. The van der Waals surface area contributed by atoms with E-state index in [1.165, 1.54) is 0 Å². The van der Waals surface area contributed by atoms with Crippen molar-refractivity contribution in [2.24, 2.45) is 0 Å². The second-order valence-electron chi connectivity index (χ2n) is 2.30. The van der Waals surface area contributed by atoms with Crippen molar-refractivity contribution in [2.75, 3.05) is 5.75 Å². The Balaban J connectivity index is 2.62. The molecule has 0 aromatic carbocycles. The molecule has 0 aromatic rings. The van der Waals surface area contributed by atoms with Crippen molar-refractivity contribution >= 4 is 16.6 Å². The van der Waals surface area contributed by atoms with Crippen LogP contribution >= 0.6 is 0 Å². The van der Waals surface area contributed by atoms with E-state index >= 15 is 0 Å². The van der Waals surface area contributed by atoms with Crippen LogP contribution < -0.4 is 0 Å². The molecule has 0 radical (unpaired) electrons. The third kappa shape index (κ3) is 1.39. The van der Waals surface area contributed by atoms with Gasteiger partial charge in [-0.05, 0) is 13.3 Å². The third-order valence-corrected chi connectivity index (χ3v) is 3.36. The molecule has 1 saturated heterocycles. The summed E-state index contributed by atoms with van der Waals surface area (Å²) in [6.45, 7) is 1.75. The molecular weight excluding hydrogens is 136 g/mol. The lowest BCUT2D eigenvalue weighted by Crippen LogP contribution is -2.29. The first-order chi connectivity index (χ1) is 4.22. The van der Waals surface area contributed by atoms with Gasteiger partial charge in [-0.2, -0.15) is 0 Å². The van der Waals surface area contributed by atoms with Crippen LogP contribution in [0.4, 0.5) is 0 Å². The van der Waals surface area contributed by atoms with E-state index in [1.807, 2.05) is 0 Å². The zero-order valence-corrected chi connectivity index (χ0v) is 6.24. The van der Waals surface area contributed by atoms with Gasteiger partial charge in [0.05, 0.1) is 5.25 Å². The van der Waals surface area contributed by atoms with E-state index in [0.717, 1.165) is 6.42 Å². The first-order valence-corrected chi connectivity index (χ1v) is 4.50. The van der Waals surface area contributed by atoms with Gasteiger partial charge in [0.25, 0.3) is 0 Å². The normalized spacial score (nSPS) is 36.8. The average Bonchev–Trinajstić information content (AvgIpc) is 1.83. The van der Waals surface area contributed by atoms with E-state index in [-0.39, 0.29) is 11.0 Å². The van der Waals surface area contributed by atoms with Crippen molar-refractivity contribution in [1.82, 2.24) is 0 Å². The van der Waals surface area contributed by atoms with Crippen LogP contribution in [0, 0.1) is 0 Å². The molecule has 2 unspecified atom stereocenters. The number of carbonyl (C=O) groups is 1. The van der Waals surface area contributed by atoms with Crippen LogP contribution in [0.5, 0.6) is 0 Å². The van der Waals surface area contributed by atoms with Gasteiger partial charge in [0.15, 0.2) is 0 Å². The minimum absolute atomic E-state index is 0.166. The van der Waals surface area contributed by atoms with E-state index in [0.29, 0.717) is 12.2 Å². The van der Waals surface area contributed by atoms with E-state index in [2.05, 4.69) is 0 Å². The van der Waals surface area contributed by atoms with Gasteiger partial charge < -0.3 is 0 Å². The van der Waals surface area contributed by atoms with Crippen LogP contribution in [0.1, 0.15) is 19.8 Å². The van der Waals surface area contributed by atoms with Crippen molar-refractivity contribution in [3.63, 3.8) is 0 Å². The summed E-state index contributed by atoms with van der Waals surface area (Å²) >= 11 is 0. The largest absolute Gasteiger partial charge is 0.298 e. The number of ketones is 1. The van der Waals surface area contributed by atoms with E-state index in [9.17, 15) is 9.00 Å². The zero-order chi connectivity index (χ0) is 6.85. The van der Waals surface area contributed by atoms with Crippen LogP contribution in [-0.2, 0) is 15.6 Å². The smallest absolute Gasteiger partial charge is 0.148 e. The first-order valence-electron chi connectivity index (χ1n) is 3.11. The number of Topliss-reactive ketones (excluding diaryl/α,β-unsaturated/α-hetero) is 1. The molecule has 0 aliphatic carbocycles. The molecule has 0 bridgehead atoms. The topological polar surface area (TPSA) is 34.1 Å². The highest BCUT2D eigenvalue weighted by Gasteiger charge is 2.23. The predicted octanol–water partition coefficient (Wildman–Crippen LogP) is 0.486. The Morgan fingerprint density at radius 3 is 2.78 bits per heavy atom. The van der Waals surface area contributed by atoms with Crippen molar-refractivity contribution in [2.45, 2.75) is 25.0 Å². The third-order valence-electron chi connectivity index (χ3n) is 1.62. The maximum atomic E-state index is 10.9. The van der Waals surface area contributed by atoms with Crippen LogP contribution in [-0.4, -0.2) is 21.0 Å². The lowest BCUT2D eigenvalue weighted by Gasteiger charge is -2.14. The summed E-state index contributed by atoms with van der Waals surface area (Å²) in [5.74, 6) is 0.881. The molecule has 0 saturated carbocycles. The Kier molecular flexibility index (Phi) is 2.01. The summed E-state index contributed by atoms with van der Waals surface area (Å²) in [5.41, 5.74) is 0. The van der Waals surface area contributed by atoms with Crippen LogP contribution in [0.25, 0.3) is 0 Å². The molecule has 3 heteroatoms. The second kappa shape index (κ2) is 2.60. The molecule has 0 amide bonds. The Morgan fingerprint density at radius 1 is 1.67 bits per heavy atom. The first kappa shape index (κ1) is 6.93. The van der Waals surface area contributed by atoms with Crippen LogP contribution in [0.3, 0.4) is 0 Å². The molecule has 0 N–H and O–H groups in total. The molecular formula is C6H10O2S. The number of carbonyl (C=O) groups excluding carboxylic acids is 1. The molecule has 1 aliphatic rings. The Morgan fingerprint density at radius 2 is 2.33 bits per heavy atom. The Labute approximate surface area is 57.1 Å². The quantitative estimate of drug-likeness (QED) is 0.498. The molecule has 52 valence electrons. The van der Waals surface area contributed by atoms with Gasteiger partial charge in [-0.15, -0.1) is 0 Å². The van der Waals surface area contributed by atoms with Gasteiger partial charge in [0.2, 0.25) is 0 Å². The average molecular weight is 146 g/mol. The van der Waals surface area contributed by atoms with Gasteiger partial charge in [0, 0.05) is 23.0 Å². The van der Waals surface area contributed by atoms with Crippen molar-refractivity contribution in [3.8, 4) is 0 Å². The summed E-state index contributed by atoms with van der Waals surface area (Å²) in [6.07, 6.45) is 1.45. The fraction of sp³-hybridized carbons (Fsp3) is 0.833. The summed E-state index contributed by atoms with van der Waals surface area (Å²) in [6, 6.07) is 0. The SMILES string of the molecule is CC1C(=O)CCCS1=O. The fourth-order valence-electron chi connectivity index (χ4n) is 0.915. The molecule has 2 atom stereocenters. The Bertz CT molecular complexity index is 137. The molecule has 0 aromatic heterocycles. The van der Waals surface area contributed by atoms with Crippen LogP contribution in [0.15, 0.2) is 0 Å². The van der Waals surface area contributed by atoms with E-state index in [4.69, 9.17) is 0 Å². The summed E-state index contributed by atoms with van der Waals surface area (Å²) in [4.78, 5) is 10.8. The minimum Gasteiger partial charge on any atom is -0.298 e. The van der Waals surface area contributed by atoms with E-state index in [1.54, 1.807) is 6.92 Å². The standard InChI is InChI=1S/C6H10O2S/c1-5-6(7)3-2-4-9(5)8/h5H,2-4H2,1H3. The van der Waals surface area contributed by atoms with Crippen molar-refractivity contribution in [3.05, 3.63) is 0 Å². The molecule has 0 spiro atoms. The number of hydrogen-bond acceptors (Lipinski definition) is 2. The molecule has 1 heterocycles. The Hall–Kier alpha value is -0.180. The maximum absolute atomic E-state index is 10.9. The summed E-state index contributed by atoms with van der Waals surface area (Å²) < 4.78 is 10.9. The van der Waals surface area contributed by atoms with Gasteiger partial charge in [-0.25, -0.2) is 0 Å². The molecule has 1 fully saturated rings. The fourth-order valence-corrected chi connectivity index (χ4v) is 2.11. The summed E-state index contributed by atoms with van der Waals surface area (Å²) in [5, 5.41) is -0.196. The monoisotopic (exact) mass is 146 g/mol. The zero-order valence-electron chi connectivity index (χ0n) is 5.42. The van der Waals surface area contributed by atoms with Gasteiger partial charge in [-0.3, -0.25) is 9.00 Å². The van der Waals surface area contributed by atoms with Crippen molar-refractivity contribution in [1.29, 1.82) is 0 Å². The lowest BCUT2D eigenvalue weighted by molar-refractivity contribution is -0.118. The molecule has 9 heavy (non-hydrogen) atoms. The molecule has 1 rings (SSSR count). The lowest BCUT2D eigenvalue weighted by atomic mass is 10.2. The highest BCUT2D eigenvalue weighted by molar-refractivity contribution is 7.86. The van der Waals surface area contributed by atoms with Gasteiger partial charge in [0.1, 0.15) is 5.78 Å². The number of hydrogen-bond donors (Lipinski definition) is 0. The highest BCUT2D eigenvalue weighted by Crippen LogP contribution is 2.11. The summed E-state index contributed by atoms with van der Waals surface area (Å²) in [7, 11) is -0.865. The van der Waals surface area contributed by atoms with E-state index < -0.39 is 10.8 Å². The highest BCUT2D eigenvalue weighted by atomic mass is 32.2. The van der Waals surface area contributed by atoms with Crippen LogP contribution in [0.2, 0.25) is 0 Å².